The van der Waals surface area contributed by atoms with Gasteiger partial charge in [0.15, 0.2) is 0 Å². The molecule has 3 unspecified atom stereocenters. The summed E-state index contributed by atoms with van der Waals surface area (Å²) in [5, 5.41) is 6.83. The number of carbonyl (C=O) groups is 1. The van der Waals surface area contributed by atoms with E-state index in [0.717, 1.165) is 12.3 Å². The molecule has 1 aliphatic carbocycles. The van der Waals surface area contributed by atoms with E-state index in [1.165, 1.54) is 38.5 Å². The van der Waals surface area contributed by atoms with Gasteiger partial charge in [-0.2, -0.15) is 0 Å². The van der Waals surface area contributed by atoms with Crippen LogP contribution in [0.4, 0.5) is 4.79 Å². The number of alkyl carbamates (subject to hydrolysis) is 1. The van der Waals surface area contributed by atoms with E-state index in [9.17, 15) is 4.79 Å². The highest BCUT2D eigenvalue weighted by atomic mass is 16.6. The molecule has 1 fully saturated rings. The van der Waals surface area contributed by atoms with Gasteiger partial charge < -0.3 is 15.4 Å². The molecule has 0 bridgehead atoms. The second-order valence-electron chi connectivity index (χ2n) is 8.69. The Balaban J connectivity index is 2.55. The SMILES string of the molecule is CCCCC(CNC(=O)OC(C)(C)C)NC1CCCCC1C(C)C. The van der Waals surface area contributed by atoms with Crippen molar-refractivity contribution in [1.82, 2.24) is 10.6 Å². The Bertz CT molecular complexity index is 363. The van der Waals surface area contributed by atoms with Crippen LogP contribution in [-0.2, 0) is 4.74 Å². The maximum Gasteiger partial charge on any atom is 0.407 e. The molecular weight excluding hydrogens is 300 g/mol. The first-order chi connectivity index (χ1) is 11.2. The van der Waals surface area contributed by atoms with E-state index < -0.39 is 5.60 Å². The number of amides is 1. The lowest BCUT2D eigenvalue weighted by molar-refractivity contribution is 0.0518. The van der Waals surface area contributed by atoms with Gasteiger partial charge in [0, 0.05) is 18.6 Å². The second-order valence-corrected chi connectivity index (χ2v) is 8.69. The van der Waals surface area contributed by atoms with Crippen LogP contribution in [0.3, 0.4) is 0 Å². The van der Waals surface area contributed by atoms with Crippen molar-refractivity contribution < 1.29 is 9.53 Å². The summed E-state index contributed by atoms with van der Waals surface area (Å²) in [7, 11) is 0. The molecule has 0 aliphatic heterocycles. The summed E-state index contributed by atoms with van der Waals surface area (Å²) in [6.07, 6.45) is 8.43. The van der Waals surface area contributed by atoms with Crippen LogP contribution in [0.25, 0.3) is 0 Å². The van der Waals surface area contributed by atoms with Crippen molar-refractivity contribution in [3.8, 4) is 0 Å². The van der Waals surface area contributed by atoms with Gasteiger partial charge in [-0.25, -0.2) is 4.79 Å². The highest BCUT2D eigenvalue weighted by Crippen LogP contribution is 2.30. The van der Waals surface area contributed by atoms with Crippen LogP contribution in [0.15, 0.2) is 0 Å². The third kappa shape index (κ3) is 8.36. The normalized spacial score (nSPS) is 23.1. The van der Waals surface area contributed by atoms with E-state index in [2.05, 4.69) is 31.4 Å². The summed E-state index contributed by atoms with van der Waals surface area (Å²) >= 11 is 0. The molecule has 142 valence electrons. The zero-order chi connectivity index (χ0) is 18.2. The Hall–Kier alpha value is -0.770. The minimum absolute atomic E-state index is 0.310. The molecule has 0 aromatic rings. The van der Waals surface area contributed by atoms with Gasteiger partial charge in [-0.3, -0.25) is 0 Å². The average Bonchev–Trinajstić information content (AvgIpc) is 2.48. The molecule has 0 spiro atoms. The molecule has 1 rings (SSSR count). The van der Waals surface area contributed by atoms with E-state index in [1.54, 1.807) is 0 Å². The maximum absolute atomic E-state index is 11.9. The number of hydrogen-bond donors (Lipinski definition) is 2. The zero-order valence-electron chi connectivity index (χ0n) is 16.8. The molecule has 0 aromatic heterocycles. The van der Waals surface area contributed by atoms with Crippen LogP contribution >= 0.6 is 0 Å². The lowest BCUT2D eigenvalue weighted by atomic mass is 9.77. The van der Waals surface area contributed by atoms with E-state index in [0.29, 0.717) is 24.5 Å². The lowest BCUT2D eigenvalue weighted by Gasteiger charge is -2.37. The van der Waals surface area contributed by atoms with E-state index in [4.69, 9.17) is 4.74 Å². The van der Waals surface area contributed by atoms with E-state index in [1.807, 2.05) is 20.8 Å². The van der Waals surface area contributed by atoms with Gasteiger partial charge in [0.25, 0.3) is 0 Å². The van der Waals surface area contributed by atoms with Crippen molar-refractivity contribution in [2.24, 2.45) is 11.8 Å². The van der Waals surface area contributed by atoms with Crippen LogP contribution in [0.1, 0.15) is 86.5 Å². The summed E-state index contributed by atoms with van der Waals surface area (Å²) in [6.45, 7) is 13.2. The molecule has 24 heavy (non-hydrogen) atoms. The lowest BCUT2D eigenvalue weighted by Crippen LogP contribution is -2.50. The first-order valence-electron chi connectivity index (χ1n) is 9.95. The fourth-order valence-corrected chi connectivity index (χ4v) is 3.68. The fraction of sp³-hybridized carbons (Fsp3) is 0.950. The van der Waals surface area contributed by atoms with Crippen molar-refractivity contribution in [3.05, 3.63) is 0 Å². The van der Waals surface area contributed by atoms with E-state index in [-0.39, 0.29) is 6.09 Å². The zero-order valence-corrected chi connectivity index (χ0v) is 16.8. The maximum atomic E-state index is 11.9. The minimum atomic E-state index is -0.442. The highest BCUT2D eigenvalue weighted by Gasteiger charge is 2.29. The number of unbranched alkanes of at least 4 members (excludes halogenated alkanes) is 1. The molecule has 2 N–H and O–H groups in total. The van der Waals surface area contributed by atoms with Crippen molar-refractivity contribution in [1.29, 1.82) is 0 Å². The summed E-state index contributed by atoms with van der Waals surface area (Å²) in [5.74, 6) is 1.47. The smallest absolute Gasteiger partial charge is 0.407 e. The molecule has 4 nitrogen and oxygen atoms in total. The number of nitrogens with one attached hydrogen (secondary N) is 2. The molecule has 0 radical (unpaired) electrons. The van der Waals surface area contributed by atoms with Crippen molar-refractivity contribution >= 4 is 6.09 Å². The predicted molar refractivity (Wildman–Crippen MR) is 101 cm³/mol. The number of rotatable bonds is 8. The van der Waals surface area contributed by atoms with Gasteiger partial charge in [0.05, 0.1) is 0 Å². The molecule has 0 saturated heterocycles. The van der Waals surface area contributed by atoms with Crippen LogP contribution in [0.2, 0.25) is 0 Å². The van der Waals surface area contributed by atoms with Gasteiger partial charge >= 0.3 is 6.09 Å². The average molecular weight is 341 g/mol. The Labute approximate surface area is 149 Å². The van der Waals surface area contributed by atoms with E-state index >= 15 is 0 Å². The largest absolute Gasteiger partial charge is 0.444 e. The van der Waals surface area contributed by atoms with Crippen molar-refractivity contribution in [2.75, 3.05) is 6.54 Å². The molecule has 3 atom stereocenters. The first kappa shape index (κ1) is 21.3. The summed E-state index contributed by atoms with van der Waals surface area (Å²) in [6, 6.07) is 0.919. The third-order valence-electron chi connectivity index (χ3n) is 4.92. The summed E-state index contributed by atoms with van der Waals surface area (Å²) < 4.78 is 5.36. The monoisotopic (exact) mass is 340 g/mol. The number of ether oxygens (including phenoxy) is 1. The van der Waals surface area contributed by atoms with Gasteiger partial charge in [-0.05, 0) is 51.9 Å². The summed E-state index contributed by atoms with van der Waals surface area (Å²) in [5.41, 5.74) is -0.442. The van der Waals surface area contributed by atoms with Crippen LogP contribution < -0.4 is 10.6 Å². The topological polar surface area (TPSA) is 50.4 Å². The fourth-order valence-electron chi connectivity index (χ4n) is 3.68. The van der Waals surface area contributed by atoms with Gasteiger partial charge in [-0.1, -0.05) is 46.5 Å². The Morgan fingerprint density at radius 1 is 1.21 bits per heavy atom. The predicted octanol–water partition coefficient (Wildman–Crippen LogP) is 4.87. The minimum Gasteiger partial charge on any atom is -0.444 e. The van der Waals surface area contributed by atoms with Crippen LogP contribution in [0, 0.1) is 11.8 Å². The van der Waals surface area contributed by atoms with Crippen molar-refractivity contribution in [3.63, 3.8) is 0 Å². The highest BCUT2D eigenvalue weighted by molar-refractivity contribution is 5.67. The first-order valence-corrected chi connectivity index (χ1v) is 9.95. The second kappa shape index (κ2) is 10.3. The molecule has 1 aliphatic rings. The molecule has 0 aromatic carbocycles. The molecule has 0 heterocycles. The van der Waals surface area contributed by atoms with Gasteiger partial charge in [0.1, 0.15) is 5.60 Å². The number of carbonyl (C=O) groups excluding carboxylic acids is 1. The molecular formula is C20H40N2O2. The van der Waals surface area contributed by atoms with Crippen LogP contribution in [0.5, 0.6) is 0 Å². The van der Waals surface area contributed by atoms with Crippen molar-refractivity contribution in [2.45, 2.75) is 104 Å². The Kier molecular flexibility index (Phi) is 9.11. The number of hydrogen-bond acceptors (Lipinski definition) is 3. The molecule has 4 heteroatoms. The van der Waals surface area contributed by atoms with Crippen LogP contribution in [-0.4, -0.2) is 30.3 Å². The standard InChI is InChI=1S/C20H40N2O2/c1-7-8-11-16(14-21-19(23)24-20(4,5)6)22-18-13-10-9-12-17(18)15(2)3/h15-18,22H,7-14H2,1-6H3,(H,21,23). The molecule has 1 saturated carbocycles. The van der Waals surface area contributed by atoms with Gasteiger partial charge in [-0.15, -0.1) is 0 Å². The quantitative estimate of drug-likeness (QED) is 0.662. The third-order valence-corrected chi connectivity index (χ3v) is 4.92. The Morgan fingerprint density at radius 3 is 2.46 bits per heavy atom. The Morgan fingerprint density at radius 2 is 1.88 bits per heavy atom. The van der Waals surface area contributed by atoms with Gasteiger partial charge in [0.2, 0.25) is 0 Å². The molecule has 1 amide bonds. The summed E-state index contributed by atoms with van der Waals surface area (Å²) in [4.78, 5) is 11.9.